The number of alkyl halides is 1. The van der Waals surface area contributed by atoms with Gasteiger partial charge in [0.05, 0.1) is 0 Å². The summed E-state index contributed by atoms with van der Waals surface area (Å²) in [6.07, 6.45) is 0. The van der Waals surface area contributed by atoms with Crippen LogP contribution in [0.5, 0.6) is 0 Å². The third-order valence-corrected chi connectivity index (χ3v) is 1.01. The summed E-state index contributed by atoms with van der Waals surface area (Å²) < 4.78 is 11.7. The molecule has 44 valence electrons. The van der Waals surface area contributed by atoms with Crippen molar-refractivity contribution in [1.82, 2.24) is 5.32 Å². The lowest BCUT2D eigenvalue weighted by Gasteiger charge is -2.18. The van der Waals surface area contributed by atoms with Crippen LogP contribution in [0.1, 0.15) is 13.8 Å². The van der Waals surface area contributed by atoms with E-state index in [1.54, 1.807) is 7.05 Å². The second-order valence-electron chi connectivity index (χ2n) is 2.27. The fourth-order valence-electron chi connectivity index (χ4n) is 0.0668. The Bertz CT molecular complexity index is 46.0. The molecular weight excluding hydrogens is 93.1 g/mol. The molecule has 0 atom stereocenters. The summed E-state index contributed by atoms with van der Waals surface area (Å²) in [5, 5.41) is 2.82. The van der Waals surface area contributed by atoms with Crippen LogP contribution in [-0.2, 0) is 0 Å². The second kappa shape index (κ2) is 2.26. The van der Waals surface area contributed by atoms with Gasteiger partial charge in [-0.2, -0.15) is 0 Å². The van der Waals surface area contributed by atoms with E-state index >= 15 is 0 Å². The number of halogens is 1. The largest absolute Gasteiger partial charge is 0.312 e. The highest BCUT2D eigenvalue weighted by molar-refractivity contribution is 4.72. The molecule has 0 amide bonds. The maximum absolute atomic E-state index is 11.7. The van der Waals surface area contributed by atoms with E-state index in [1.807, 2.05) is 13.8 Å². The van der Waals surface area contributed by atoms with Crippen LogP contribution in [-0.4, -0.2) is 19.3 Å². The first-order valence-corrected chi connectivity index (χ1v) is 2.37. The quantitative estimate of drug-likeness (QED) is 0.551. The van der Waals surface area contributed by atoms with Gasteiger partial charge in [-0.3, -0.25) is 0 Å². The van der Waals surface area contributed by atoms with E-state index < -0.39 is 0 Å². The molecule has 0 unspecified atom stereocenters. The van der Waals surface area contributed by atoms with Crippen molar-refractivity contribution in [1.29, 1.82) is 0 Å². The fourth-order valence-corrected chi connectivity index (χ4v) is 0.0668. The zero-order valence-corrected chi connectivity index (χ0v) is 5.09. The van der Waals surface area contributed by atoms with Crippen LogP contribution in [0.4, 0.5) is 4.39 Å². The van der Waals surface area contributed by atoms with Crippen molar-refractivity contribution in [2.24, 2.45) is 0 Å². The zero-order chi connectivity index (χ0) is 5.91. The van der Waals surface area contributed by atoms with Gasteiger partial charge >= 0.3 is 0 Å². The summed E-state index contributed by atoms with van der Waals surface area (Å²) >= 11 is 0. The third kappa shape index (κ3) is 2.57. The van der Waals surface area contributed by atoms with Gasteiger partial charge in [0.15, 0.2) is 0 Å². The van der Waals surface area contributed by atoms with Gasteiger partial charge in [-0.1, -0.05) is 0 Å². The van der Waals surface area contributed by atoms with Crippen molar-refractivity contribution >= 4 is 0 Å². The van der Waals surface area contributed by atoms with E-state index in [-0.39, 0.29) is 12.2 Å². The Labute approximate surface area is 43.9 Å². The van der Waals surface area contributed by atoms with Gasteiger partial charge in [-0.15, -0.1) is 0 Å². The standard InChI is InChI=1S/C5H12FN/c1-5(2,4-6)7-3/h7H,4H2,1-3H3. The number of hydrogen-bond donors (Lipinski definition) is 1. The molecule has 0 saturated heterocycles. The molecule has 0 aliphatic carbocycles. The smallest absolute Gasteiger partial charge is 0.107 e. The summed E-state index contributed by atoms with van der Waals surface area (Å²) in [6.45, 7) is 3.31. The van der Waals surface area contributed by atoms with Crippen molar-refractivity contribution in [3.05, 3.63) is 0 Å². The molecule has 0 fully saturated rings. The van der Waals surface area contributed by atoms with Crippen molar-refractivity contribution in [2.45, 2.75) is 19.4 Å². The topological polar surface area (TPSA) is 12.0 Å². The predicted octanol–water partition coefficient (Wildman–Crippen LogP) is 0.954. The third-order valence-electron chi connectivity index (χ3n) is 1.01. The molecule has 1 N–H and O–H groups in total. The number of hydrogen-bond acceptors (Lipinski definition) is 1. The molecule has 0 aliphatic heterocycles. The van der Waals surface area contributed by atoms with Crippen molar-refractivity contribution < 1.29 is 4.39 Å². The first kappa shape index (κ1) is 6.89. The van der Waals surface area contributed by atoms with Crippen LogP contribution in [0, 0.1) is 0 Å². The van der Waals surface area contributed by atoms with E-state index in [2.05, 4.69) is 5.32 Å². The second-order valence-corrected chi connectivity index (χ2v) is 2.27. The van der Waals surface area contributed by atoms with Crippen molar-refractivity contribution in [2.75, 3.05) is 13.7 Å². The minimum absolute atomic E-state index is 0.316. The van der Waals surface area contributed by atoms with Gasteiger partial charge in [0.2, 0.25) is 0 Å². The van der Waals surface area contributed by atoms with E-state index in [1.165, 1.54) is 0 Å². The molecule has 0 aliphatic rings. The predicted molar refractivity (Wildman–Crippen MR) is 29.1 cm³/mol. The highest BCUT2D eigenvalue weighted by atomic mass is 19.1. The SMILES string of the molecule is CNC(C)(C)CF. The molecule has 0 bridgehead atoms. The maximum Gasteiger partial charge on any atom is 0.107 e. The van der Waals surface area contributed by atoms with Gasteiger partial charge in [0.25, 0.3) is 0 Å². The minimum Gasteiger partial charge on any atom is -0.312 e. The van der Waals surface area contributed by atoms with Crippen LogP contribution in [0.3, 0.4) is 0 Å². The normalized spacial score (nSPS) is 12.0. The Morgan fingerprint density at radius 3 is 2.00 bits per heavy atom. The minimum atomic E-state index is -0.333. The van der Waals surface area contributed by atoms with Gasteiger partial charge in [0.1, 0.15) is 6.67 Å². The average Bonchev–Trinajstić information content (AvgIpc) is 1.68. The monoisotopic (exact) mass is 105 g/mol. The summed E-state index contributed by atoms with van der Waals surface area (Å²) in [4.78, 5) is 0. The maximum atomic E-state index is 11.7. The zero-order valence-electron chi connectivity index (χ0n) is 5.09. The summed E-state index contributed by atoms with van der Waals surface area (Å²) in [7, 11) is 1.75. The molecule has 0 aromatic heterocycles. The van der Waals surface area contributed by atoms with Crippen LogP contribution >= 0.6 is 0 Å². The molecule has 0 saturated carbocycles. The van der Waals surface area contributed by atoms with E-state index in [0.29, 0.717) is 0 Å². The van der Waals surface area contributed by atoms with Crippen LogP contribution in [0.15, 0.2) is 0 Å². The van der Waals surface area contributed by atoms with Gasteiger partial charge < -0.3 is 5.32 Å². The van der Waals surface area contributed by atoms with E-state index in [4.69, 9.17) is 0 Å². The molecule has 0 radical (unpaired) electrons. The molecule has 0 rings (SSSR count). The molecular formula is C5H12FN. The van der Waals surface area contributed by atoms with Gasteiger partial charge in [-0.05, 0) is 20.9 Å². The molecule has 0 heterocycles. The first-order valence-electron chi connectivity index (χ1n) is 2.37. The molecule has 0 spiro atoms. The van der Waals surface area contributed by atoms with Gasteiger partial charge in [0, 0.05) is 5.54 Å². The Morgan fingerprint density at radius 1 is 1.57 bits per heavy atom. The molecule has 1 nitrogen and oxygen atoms in total. The lowest BCUT2D eigenvalue weighted by molar-refractivity contribution is 0.306. The summed E-state index contributed by atoms with van der Waals surface area (Å²) in [5.41, 5.74) is -0.333. The molecule has 0 aromatic rings. The Hall–Kier alpha value is -0.110. The van der Waals surface area contributed by atoms with Crippen LogP contribution < -0.4 is 5.32 Å². The summed E-state index contributed by atoms with van der Waals surface area (Å²) in [6, 6.07) is 0. The highest BCUT2D eigenvalue weighted by Crippen LogP contribution is 1.98. The van der Waals surface area contributed by atoms with E-state index in [0.717, 1.165) is 0 Å². The molecule has 2 heteroatoms. The van der Waals surface area contributed by atoms with Crippen LogP contribution in [0.2, 0.25) is 0 Å². The fraction of sp³-hybridized carbons (Fsp3) is 1.00. The lowest BCUT2D eigenvalue weighted by Crippen LogP contribution is -2.38. The van der Waals surface area contributed by atoms with Gasteiger partial charge in [-0.25, -0.2) is 4.39 Å². The highest BCUT2D eigenvalue weighted by Gasteiger charge is 2.11. The van der Waals surface area contributed by atoms with Crippen LogP contribution in [0.25, 0.3) is 0 Å². The van der Waals surface area contributed by atoms with Crippen molar-refractivity contribution in [3.63, 3.8) is 0 Å². The Balaban J connectivity index is 3.36. The molecule has 7 heavy (non-hydrogen) atoms. The molecule has 0 aromatic carbocycles. The summed E-state index contributed by atoms with van der Waals surface area (Å²) in [5.74, 6) is 0. The van der Waals surface area contributed by atoms with Crippen molar-refractivity contribution in [3.8, 4) is 0 Å². The van der Waals surface area contributed by atoms with E-state index in [9.17, 15) is 4.39 Å². The first-order chi connectivity index (χ1) is 3.12. The number of rotatable bonds is 2. The Kier molecular flexibility index (Phi) is 2.23. The average molecular weight is 105 g/mol. The number of nitrogens with one attached hydrogen (secondary N) is 1. The lowest BCUT2D eigenvalue weighted by atomic mass is 10.1. The Morgan fingerprint density at radius 2 is 2.00 bits per heavy atom.